The van der Waals surface area contributed by atoms with Crippen molar-refractivity contribution in [2.45, 2.75) is 27.3 Å². The van der Waals surface area contributed by atoms with Crippen LogP contribution in [0.25, 0.3) is 10.8 Å². The van der Waals surface area contributed by atoms with E-state index in [9.17, 15) is 9.59 Å². The van der Waals surface area contributed by atoms with Crippen LogP contribution in [-0.4, -0.2) is 35.3 Å². The number of fused-ring (bicyclic) bond motifs is 1. The molecule has 0 unspecified atom stereocenters. The molecule has 0 atom stereocenters. The molecule has 0 aliphatic rings. The molecular formula is C17H24N4O2. The van der Waals surface area contributed by atoms with Crippen molar-refractivity contribution in [3.05, 3.63) is 40.3 Å². The lowest BCUT2D eigenvalue weighted by atomic mass is 10.1. The van der Waals surface area contributed by atoms with Crippen molar-refractivity contribution >= 4 is 16.7 Å². The maximum absolute atomic E-state index is 12.5. The number of amides is 1. The van der Waals surface area contributed by atoms with Gasteiger partial charge in [-0.1, -0.05) is 39.0 Å². The number of nitrogens with one attached hydrogen (secondary N) is 2. The standard InChI is InChI=1S/C17H24N4O2/c1-4-18-9-10-19-16(22)15-13-7-5-6-8-14(13)17(23)21(20-15)11-12(2)3/h5-8,12,18H,4,9-11H2,1-3H3,(H,19,22). The number of hydrogen-bond acceptors (Lipinski definition) is 4. The lowest BCUT2D eigenvalue weighted by Gasteiger charge is -2.12. The minimum absolute atomic E-state index is 0.154. The van der Waals surface area contributed by atoms with Crippen LogP contribution in [-0.2, 0) is 6.54 Å². The van der Waals surface area contributed by atoms with Gasteiger partial charge in [-0.2, -0.15) is 5.10 Å². The zero-order chi connectivity index (χ0) is 16.8. The second kappa shape index (κ2) is 7.87. The predicted molar refractivity (Wildman–Crippen MR) is 91.7 cm³/mol. The molecule has 0 saturated carbocycles. The molecule has 0 radical (unpaired) electrons. The second-order valence-electron chi connectivity index (χ2n) is 5.88. The molecule has 1 aromatic carbocycles. The van der Waals surface area contributed by atoms with E-state index >= 15 is 0 Å². The van der Waals surface area contributed by atoms with Crippen LogP contribution in [0.3, 0.4) is 0 Å². The smallest absolute Gasteiger partial charge is 0.274 e. The molecule has 6 nitrogen and oxygen atoms in total. The number of aromatic nitrogens is 2. The van der Waals surface area contributed by atoms with E-state index in [2.05, 4.69) is 15.7 Å². The van der Waals surface area contributed by atoms with Gasteiger partial charge in [-0.15, -0.1) is 0 Å². The summed E-state index contributed by atoms with van der Waals surface area (Å²) in [6.45, 7) is 8.60. The van der Waals surface area contributed by atoms with Gasteiger partial charge in [0.15, 0.2) is 5.69 Å². The zero-order valence-electron chi connectivity index (χ0n) is 13.9. The summed E-state index contributed by atoms with van der Waals surface area (Å²) in [6.07, 6.45) is 0. The van der Waals surface area contributed by atoms with E-state index in [1.54, 1.807) is 18.2 Å². The molecule has 0 aliphatic heterocycles. The normalized spacial score (nSPS) is 11.1. The summed E-state index contributed by atoms with van der Waals surface area (Å²) in [5.74, 6) is 0.0163. The summed E-state index contributed by atoms with van der Waals surface area (Å²) >= 11 is 0. The molecule has 1 heterocycles. The van der Waals surface area contributed by atoms with E-state index in [4.69, 9.17) is 0 Å². The van der Waals surface area contributed by atoms with Gasteiger partial charge in [0, 0.05) is 25.0 Å². The summed E-state index contributed by atoms with van der Waals surface area (Å²) in [7, 11) is 0. The minimum Gasteiger partial charge on any atom is -0.349 e. The highest BCUT2D eigenvalue weighted by molar-refractivity contribution is 6.04. The van der Waals surface area contributed by atoms with Crippen molar-refractivity contribution in [1.29, 1.82) is 0 Å². The SMILES string of the molecule is CCNCCNC(=O)c1nn(CC(C)C)c(=O)c2ccccc12. The minimum atomic E-state index is -0.253. The number of likely N-dealkylation sites (N-methyl/N-ethyl adjacent to an activating group) is 1. The van der Waals surface area contributed by atoms with Gasteiger partial charge < -0.3 is 10.6 Å². The maximum Gasteiger partial charge on any atom is 0.274 e. The fraction of sp³-hybridized carbons (Fsp3) is 0.471. The first-order valence-corrected chi connectivity index (χ1v) is 8.03. The Kier molecular flexibility index (Phi) is 5.87. The highest BCUT2D eigenvalue weighted by atomic mass is 16.2. The second-order valence-corrected chi connectivity index (χ2v) is 5.88. The van der Waals surface area contributed by atoms with Crippen LogP contribution in [0.1, 0.15) is 31.3 Å². The number of carbonyl (C=O) groups excluding carboxylic acids is 1. The van der Waals surface area contributed by atoms with Crippen LogP contribution in [0.5, 0.6) is 0 Å². The van der Waals surface area contributed by atoms with Gasteiger partial charge in [0.05, 0.1) is 5.39 Å². The number of benzene rings is 1. The number of rotatable bonds is 7. The first-order chi connectivity index (χ1) is 11.0. The molecule has 23 heavy (non-hydrogen) atoms. The van der Waals surface area contributed by atoms with Crippen molar-refractivity contribution < 1.29 is 4.79 Å². The Balaban J connectivity index is 2.39. The van der Waals surface area contributed by atoms with Crippen molar-refractivity contribution in [3.8, 4) is 0 Å². The molecule has 6 heteroatoms. The summed E-state index contributed by atoms with van der Waals surface area (Å²) in [5.41, 5.74) is 0.149. The third-order valence-corrected chi connectivity index (χ3v) is 3.46. The Hall–Kier alpha value is -2.21. The quantitative estimate of drug-likeness (QED) is 0.757. The summed E-state index contributed by atoms with van der Waals surface area (Å²) in [4.78, 5) is 25.0. The van der Waals surface area contributed by atoms with Gasteiger partial charge in [0.25, 0.3) is 11.5 Å². The molecule has 0 spiro atoms. The Labute approximate surface area is 135 Å². The van der Waals surface area contributed by atoms with Gasteiger partial charge in [0.1, 0.15) is 0 Å². The Morgan fingerprint density at radius 1 is 1.22 bits per heavy atom. The molecule has 0 fully saturated rings. The van der Waals surface area contributed by atoms with Gasteiger partial charge in [-0.25, -0.2) is 4.68 Å². The Morgan fingerprint density at radius 3 is 2.57 bits per heavy atom. The van der Waals surface area contributed by atoms with Crippen molar-refractivity contribution in [3.63, 3.8) is 0 Å². The van der Waals surface area contributed by atoms with E-state index in [1.807, 2.05) is 26.8 Å². The Morgan fingerprint density at radius 2 is 1.91 bits per heavy atom. The summed E-state index contributed by atoms with van der Waals surface area (Å²) in [5, 5.41) is 11.4. The first-order valence-electron chi connectivity index (χ1n) is 8.03. The van der Waals surface area contributed by atoms with E-state index < -0.39 is 0 Å². The zero-order valence-corrected chi connectivity index (χ0v) is 13.9. The molecule has 0 saturated heterocycles. The molecule has 1 amide bonds. The molecule has 2 N–H and O–H groups in total. The van der Waals surface area contributed by atoms with Gasteiger partial charge >= 0.3 is 0 Å². The summed E-state index contributed by atoms with van der Waals surface area (Å²) < 4.78 is 1.40. The molecule has 124 valence electrons. The predicted octanol–water partition coefficient (Wildman–Crippen LogP) is 1.39. The van der Waals surface area contributed by atoms with E-state index in [0.29, 0.717) is 36.1 Å². The van der Waals surface area contributed by atoms with Gasteiger partial charge in [0.2, 0.25) is 0 Å². The van der Waals surface area contributed by atoms with Crippen LogP contribution in [0.4, 0.5) is 0 Å². The van der Waals surface area contributed by atoms with Gasteiger partial charge in [-0.05, 0) is 18.5 Å². The number of hydrogen-bond donors (Lipinski definition) is 2. The fourth-order valence-electron chi connectivity index (χ4n) is 2.40. The average Bonchev–Trinajstić information content (AvgIpc) is 2.53. The van der Waals surface area contributed by atoms with Gasteiger partial charge in [-0.3, -0.25) is 9.59 Å². The lowest BCUT2D eigenvalue weighted by molar-refractivity contribution is 0.0948. The van der Waals surface area contributed by atoms with Crippen molar-refractivity contribution in [2.24, 2.45) is 5.92 Å². The molecule has 0 aliphatic carbocycles. The van der Waals surface area contributed by atoms with Crippen LogP contribution < -0.4 is 16.2 Å². The fourth-order valence-corrected chi connectivity index (χ4v) is 2.40. The van der Waals surface area contributed by atoms with E-state index in [-0.39, 0.29) is 17.4 Å². The maximum atomic E-state index is 12.5. The van der Waals surface area contributed by atoms with Crippen LogP contribution in [0.15, 0.2) is 29.1 Å². The van der Waals surface area contributed by atoms with E-state index in [1.165, 1.54) is 4.68 Å². The first kappa shape index (κ1) is 17.1. The number of carbonyl (C=O) groups is 1. The molecule has 1 aromatic heterocycles. The van der Waals surface area contributed by atoms with Crippen molar-refractivity contribution in [1.82, 2.24) is 20.4 Å². The van der Waals surface area contributed by atoms with Crippen LogP contribution >= 0.6 is 0 Å². The summed E-state index contributed by atoms with van der Waals surface area (Å²) in [6, 6.07) is 7.12. The van der Waals surface area contributed by atoms with Crippen LogP contribution in [0, 0.1) is 5.92 Å². The highest BCUT2D eigenvalue weighted by Gasteiger charge is 2.16. The third-order valence-electron chi connectivity index (χ3n) is 3.46. The van der Waals surface area contributed by atoms with Crippen LogP contribution in [0.2, 0.25) is 0 Å². The molecular weight excluding hydrogens is 292 g/mol. The Bertz CT molecular complexity index is 737. The molecule has 2 aromatic rings. The topological polar surface area (TPSA) is 76.0 Å². The van der Waals surface area contributed by atoms with E-state index in [0.717, 1.165) is 6.54 Å². The van der Waals surface area contributed by atoms with Crippen molar-refractivity contribution in [2.75, 3.05) is 19.6 Å². The average molecular weight is 316 g/mol. The monoisotopic (exact) mass is 316 g/mol. The third kappa shape index (κ3) is 4.16. The number of nitrogens with zero attached hydrogens (tertiary/aromatic N) is 2. The highest BCUT2D eigenvalue weighted by Crippen LogP contribution is 2.13. The molecule has 2 rings (SSSR count). The lowest BCUT2D eigenvalue weighted by Crippen LogP contribution is -2.35. The molecule has 0 bridgehead atoms. The largest absolute Gasteiger partial charge is 0.349 e.